The molecule has 3 heteroatoms. The van der Waals surface area contributed by atoms with Crippen molar-refractivity contribution >= 4 is 5.97 Å². The van der Waals surface area contributed by atoms with Crippen LogP contribution in [0, 0.1) is 5.92 Å². The maximum atomic E-state index is 11.4. The van der Waals surface area contributed by atoms with Gasteiger partial charge in [-0.05, 0) is 26.7 Å². The van der Waals surface area contributed by atoms with Gasteiger partial charge in [0.2, 0.25) is 0 Å². The van der Waals surface area contributed by atoms with Gasteiger partial charge in [0.1, 0.15) is 5.60 Å². The minimum Gasteiger partial charge on any atom is -0.456 e. The van der Waals surface area contributed by atoms with E-state index < -0.39 is 5.60 Å². The summed E-state index contributed by atoms with van der Waals surface area (Å²) in [5, 5.41) is 0. The number of hydrogen-bond donors (Lipinski definition) is 1. The highest BCUT2D eigenvalue weighted by Crippen LogP contribution is 2.10. The predicted molar refractivity (Wildman–Crippen MR) is 52.0 cm³/mol. The Bertz CT molecular complexity index is 170. The lowest BCUT2D eigenvalue weighted by Gasteiger charge is -2.21. The van der Waals surface area contributed by atoms with Crippen LogP contribution in [0.15, 0.2) is 0 Å². The number of esters is 1. The first-order valence-electron chi connectivity index (χ1n) is 4.78. The van der Waals surface area contributed by atoms with Crippen LogP contribution in [0.4, 0.5) is 0 Å². The summed E-state index contributed by atoms with van der Waals surface area (Å²) in [6.07, 6.45) is 0.787. The molecule has 0 bridgehead atoms. The van der Waals surface area contributed by atoms with Gasteiger partial charge in [-0.25, -0.2) is 4.79 Å². The van der Waals surface area contributed by atoms with Crippen LogP contribution in [0.3, 0.4) is 0 Å². The van der Waals surface area contributed by atoms with Crippen LogP contribution in [-0.2, 0) is 9.53 Å². The first-order chi connectivity index (χ1) is 5.72. The van der Waals surface area contributed by atoms with Crippen molar-refractivity contribution in [3.63, 3.8) is 0 Å². The summed E-state index contributed by atoms with van der Waals surface area (Å²) in [4.78, 5) is 11.4. The van der Waals surface area contributed by atoms with E-state index in [1.807, 2.05) is 20.8 Å². The van der Waals surface area contributed by atoms with E-state index in [4.69, 9.17) is 4.74 Å². The monoisotopic (exact) mass is 188 g/mol. The van der Waals surface area contributed by atoms with Crippen molar-refractivity contribution < 1.29 is 15.3 Å². The number of ether oxygens (including phenoxy) is 1. The van der Waals surface area contributed by atoms with Gasteiger partial charge in [0.15, 0.2) is 6.04 Å². The van der Waals surface area contributed by atoms with E-state index in [9.17, 15) is 4.79 Å². The molecule has 0 rings (SSSR count). The van der Waals surface area contributed by atoms with E-state index in [2.05, 4.69) is 19.6 Å². The SMILES string of the molecule is CC(C)C[C@@H]([NH3+])C(=O)OC(C)(C)C. The smallest absolute Gasteiger partial charge is 0.365 e. The van der Waals surface area contributed by atoms with Gasteiger partial charge in [0.25, 0.3) is 0 Å². The highest BCUT2D eigenvalue weighted by atomic mass is 16.6. The third-order valence-electron chi connectivity index (χ3n) is 1.50. The lowest BCUT2D eigenvalue weighted by Crippen LogP contribution is -2.66. The molecule has 0 aromatic carbocycles. The quantitative estimate of drug-likeness (QED) is 0.671. The summed E-state index contributed by atoms with van der Waals surface area (Å²) in [5.74, 6) is 0.288. The number of quaternary nitrogens is 1. The molecule has 3 N–H and O–H groups in total. The van der Waals surface area contributed by atoms with Crippen LogP contribution in [0.25, 0.3) is 0 Å². The molecule has 0 aliphatic heterocycles. The second-order valence-electron chi connectivity index (χ2n) is 4.86. The predicted octanol–water partition coefficient (Wildman–Crippen LogP) is 0.985. The lowest BCUT2D eigenvalue weighted by atomic mass is 10.0. The molecule has 3 nitrogen and oxygen atoms in total. The van der Waals surface area contributed by atoms with E-state index in [1.165, 1.54) is 0 Å². The second-order valence-corrected chi connectivity index (χ2v) is 4.86. The molecular weight excluding hydrogens is 166 g/mol. The molecule has 0 aliphatic rings. The Hall–Kier alpha value is -0.570. The zero-order chi connectivity index (χ0) is 10.6. The Labute approximate surface area is 80.6 Å². The molecule has 0 unspecified atom stereocenters. The van der Waals surface area contributed by atoms with E-state index in [1.54, 1.807) is 0 Å². The number of carbonyl (C=O) groups excluding carboxylic acids is 1. The molecule has 0 heterocycles. The van der Waals surface area contributed by atoms with Gasteiger partial charge < -0.3 is 10.5 Å². The normalized spacial score (nSPS) is 14.4. The van der Waals surface area contributed by atoms with Crippen molar-refractivity contribution in [1.82, 2.24) is 0 Å². The topological polar surface area (TPSA) is 53.9 Å². The third kappa shape index (κ3) is 6.58. The molecule has 13 heavy (non-hydrogen) atoms. The fourth-order valence-electron chi connectivity index (χ4n) is 1.05. The molecule has 0 aromatic heterocycles. The number of rotatable bonds is 3. The fraction of sp³-hybridized carbons (Fsp3) is 0.900. The molecule has 78 valence electrons. The van der Waals surface area contributed by atoms with Crippen molar-refractivity contribution in [2.75, 3.05) is 0 Å². The largest absolute Gasteiger partial charge is 0.456 e. The Morgan fingerprint density at radius 3 is 2.15 bits per heavy atom. The summed E-state index contributed by atoms with van der Waals surface area (Å²) < 4.78 is 5.20. The summed E-state index contributed by atoms with van der Waals surface area (Å²) in [7, 11) is 0. The van der Waals surface area contributed by atoms with Crippen molar-refractivity contribution in [3.8, 4) is 0 Å². The van der Waals surface area contributed by atoms with Crippen LogP contribution < -0.4 is 5.73 Å². The second kappa shape index (κ2) is 4.61. The van der Waals surface area contributed by atoms with Crippen LogP contribution in [-0.4, -0.2) is 17.6 Å². The molecule has 1 atom stereocenters. The van der Waals surface area contributed by atoms with Crippen molar-refractivity contribution in [2.24, 2.45) is 5.92 Å². The molecular formula is C10H22NO2+. The Balaban J connectivity index is 3.97. The molecule has 0 amide bonds. The maximum Gasteiger partial charge on any atom is 0.365 e. The average molecular weight is 188 g/mol. The van der Waals surface area contributed by atoms with Gasteiger partial charge in [-0.2, -0.15) is 0 Å². The van der Waals surface area contributed by atoms with Gasteiger partial charge in [-0.3, -0.25) is 0 Å². The van der Waals surface area contributed by atoms with Gasteiger partial charge in [0, 0.05) is 6.42 Å². The first-order valence-corrected chi connectivity index (χ1v) is 4.78. The molecule has 0 fully saturated rings. The van der Waals surface area contributed by atoms with Crippen LogP contribution in [0.2, 0.25) is 0 Å². The molecule has 0 radical (unpaired) electrons. The van der Waals surface area contributed by atoms with Crippen molar-refractivity contribution in [2.45, 2.75) is 52.7 Å². The number of hydrogen-bond acceptors (Lipinski definition) is 2. The summed E-state index contributed by atoms with van der Waals surface area (Å²) in [5.41, 5.74) is 3.39. The van der Waals surface area contributed by atoms with E-state index in [-0.39, 0.29) is 12.0 Å². The Kier molecular flexibility index (Phi) is 4.40. The van der Waals surface area contributed by atoms with E-state index in [0.717, 1.165) is 6.42 Å². The van der Waals surface area contributed by atoms with Crippen molar-refractivity contribution in [3.05, 3.63) is 0 Å². The molecule has 0 spiro atoms. The third-order valence-corrected chi connectivity index (χ3v) is 1.50. The average Bonchev–Trinajstić information content (AvgIpc) is 1.81. The summed E-state index contributed by atoms with van der Waals surface area (Å²) in [6.45, 7) is 9.75. The molecule has 0 aliphatic carbocycles. The zero-order valence-electron chi connectivity index (χ0n) is 9.39. The van der Waals surface area contributed by atoms with E-state index in [0.29, 0.717) is 5.92 Å². The molecule has 0 saturated heterocycles. The van der Waals surface area contributed by atoms with Crippen LogP contribution in [0.5, 0.6) is 0 Å². The van der Waals surface area contributed by atoms with Crippen molar-refractivity contribution in [1.29, 1.82) is 0 Å². The van der Waals surface area contributed by atoms with Gasteiger partial charge in [-0.1, -0.05) is 13.8 Å². The first kappa shape index (κ1) is 12.4. The Morgan fingerprint density at radius 2 is 1.85 bits per heavy atom. The van der Waals surface area contributed by atoms with E-state index >= 15 is 0 Å². The van der Waals surface area contributed by atoms with Crippen LogP contribution in [0.1, 0.15) is 41.0 Å². The van der Waals surface area contributed by atoms with Gasteiger partial charge in [-0.15, -0.1) is 0 Å². The Morgan fingerprint density at radius 1 is 1.38 bits per heavy atom. The summed E-state index contributed by atoms with van der Waals surface area (Å²) in [6, 6.07) is -0.237. The fourth-order valence-corrected chi connectivity index (χ4v) is 1.05. The standard InChI is InChI=1S/C10H21NO2/c1-7(2)6-8(11)9(12)13-10(3,4)5/h7-8H,6,11H2,1-5H3/p+1/t8-/m1/s1. The van der Waals surface area contributed by atoms with Gasteiger partial charge >= 0.3 is 5.97 Å². The molecule has 0 aromatic rings. The zero-order valence-corrected chi connectivity index (χ0v) is 9.39. The number of carbonyl (C=O) groups is 1. The highest BCUT2D eigenvalue weighted by molar-refractivity contribution is 5.74. The highest BCUT2D eigenvalue weighted by Gasteiger charge is 2.25. The minimum absolute atomic E-state index is 0.193. The van der Waals surface area contributed by atoms with Crippen LogP contribution >= 0.6 is 0 Å². The molecule has 0 saturated carbocycles. The summed E-state index contributed by atoms with van der Waals surface area (Å²) >= 11 is 0. The van der Waals surface area contributed by atoms with Gasteiger partial charge in [0.05, 0.1) is 0 Å². The maximum absolute atomic E-state index is 11.4. The lowest BCUT2D eigenvalue weighted by molar-refractivity contribution is -0.412. The minimum atomic E-state index is -0.399.